The molecule has 0 aliphatic rings. The average Bonchev–Trinajstić information content (AvgIpc) is 1.58. The van der Waals surface area contributed by atoms with Gasteiger partial charge in [-0.15, -0.1) is 13.2 Å². The van der Waals surface area contributed by atoms with Gasteiger partial charge in [0.25, 0.3) is 0 Å². The molecular formula is C4H5F3O4. The van der Waals surface area contributed by atoms with Crippen molar-refractivity contribution >= 4 is 6.16 Å². The zero-order chi connectivity index (χ0) is 9.49. The predicted octanol–water partition coefficient (Wildman–Crippen LogP) is 1.89. The Hall–Kier alpha value is -1.40. The summed E-state index contributed by atoms with van der Waals surface area (Å²) in [5.74, 6) is 0. The molecule has 0 radical (unpaired) electrons. The smallest absolute Gasteiger partial charge is 0.450 e. The van der Waals surface area contributed by atoms with Gasteiger partial charge in [0.15, 0.2) is 0 Å². The third kappa shape index (κ3) is 55.4. The molecule has 66 valence electrons. The van der Waals surface area contributed by atoms with Crippen molar-refractivity contribution in [3.63, 3.8) is 0 Å². The highest BCUT2D eigenvalue weighted by Gasteiger charge is 2.28. The van der Waals surface area contributed by atoms with Crippen molar-refractivity contribution in [2.45, 2.75) is 6.36 Å². The first kappa shape index (κ1) is 12.3. The Labute approximate surface area is 59.5 Å². The van der Waals surface area contributed by atoms with Gasteiger partial charge in [-0.2, -0.15) is 0 Å². The maximum Gasteiger partial charge on any atom is 0.572 e. The molecular weight excluding hydrogens is 169 g/mol. The van der Waals surface area contributed by atoms with Crippen molar-refractivity contribution in [1.29, 1.82) is 0 Å². The van der Waals surface area contributed by atoms with Crippen molar-refractivity contribution in [2.24, 2.45) is 0 Å². The number of carbonyl (C=O) groups is 1. The fourth-order valence-corrected chi connectivity index (χ4v) is 0.0945. The van der Waals surface area contributed by atoms with Crippen LogP contribution in [0.25, 0.3) is 0 Å². The van der Waals surface area contributed by atoms with Crippen LogP contribution in [0.1, 0.15) is 0 Å². The molecule has 4 nitrogen and oxygen atoms in total. The summed E-state index contributed by atoms with van der Waals surface area (Å²) in [5, 5.41) is 13.9. The van der Waals surface area contributed by atoms with Crippen LogP contribution in [0.15, 0.2) is 12.8 Å². The molecule has 0 fully saturated rings. The van der Waals surface area contributed by atoms with Gasteiger partial charge < -0.3 is 14.9 Å². The van der Waals surface area contributed by atoms with E-state index in [1.165, 1.54) is 0 Å². The molecule has 2 N–H and O–H groups in total. The summed E-state index contributed by atoms with van der Waals surface area (Å²) in [4.78, 5) is 8.56. The average molecular weight is 174 g/mol. The van der Waals surface area contributed by atoms with Crippen LogP contribution in [-0.4, -0.2) is 22.7 Å². The molecule has 0 aromatic rings. The SMILES string of the molecule is C=COC(F)(F)F.O=C(O)O. The third-order valence-electron chi connectivity index (χ3n) is 0.217. The van der Waals surface area contributed by atoms with E-state index in [4.69, 9.17) is 15.0 Å². The minimum Gasteiger partial charge on any atom is -0.450 e. The topological polar surface area (TPSA) is 66.8 Å². The lowest BCUT2D eigenvalue weighted by Crippen LogP contribution is -2.07. The molecule has 0 saturated carbocycles. The van der Waals surface area contributed by atoms with Crippen molar-refractivity contribution in [3.8, 4) is 0 Å². The number of ether oxygens (including phenoxy) is 1. The highest BCUT2D eigenvalue weighted by atomic mass is 19.4. The summed E-state index contributed by atoms with van der Waals surface area (Å²) in [6.07, 6.45) is -6.07. The Bertz CT molecular complexity index is 126. The first-order valence-corrected chi connectivity index (χ1v) is 2.07. The van der Waals surface area contributed by atoms with E-state index in [0.717, 1.165) is 0 Å². The number of alkyl halides is 3. The summed E-state index contributed by atoms with van der Waals surface area (Å²) in [6.45, 7) is 2.70. The number of carboxylic acid groups (broad SMARTS) is 2. The predicted molar refractivity (Wildman–Crippen MR) is 28.0 cm³/mol. The van der Waals surface area contributed by atoms with Gasteiger partial charge in [-0.3, -0.25) is 0 Å². The molecule has 0 unspecified atom stereocenters. The molecule has 0 rings (SSSR count). The Balaban J connectivity index is 0. The molecule has 7 heteroatoms. The summed E-state index contributed by atoms with van der Waals surface area (Å²) >= 11 is 0. The van der Waals surface area contributed by atoms with Gasteiger partial charge in [-0.1, -0.05) is 6.58 Å². The van der Waals surface area contributed by atoms with Crippen LogP contribution in [0.2, 0.25) is 0 Å². The minimum absolute atomic E-state index is 0.333. The first-order chi connectivity index (χ1) is 4.79. The third-order valence-corrected chi connectivity index (χ3v) is 0.217. The van der Waals surface area contributed by atoms with E-state index in [2.05, 4.69) is 11.3 Å². The molecule has 0 saturated heterocycles. The van der Waals surface area contributed by atoms with Crippen LogP contribution in [0.3, 0.4) is 0 Å². The van der Waals surface area contributed by atoms with E-state index >= 15 is 0 Å². The van der Waals surface area contributed by atoms with Gasteiger partial charge in [0.05, 0.1) is 6.26 Å². The lowest BCUT2D eigenvalue weighted by atomic mass is 11.1. The first-order valence-electron chi connectivity index (χ1n) is 2.07. The van der Waals surface area contributed by atoms with Crippen LogP contribution >= 0.6 is 0 Å². The van der Waals surface area contributed by atoms with Crippen molar-refractivity contribution in [2.75, 3.05) is 0 Å². The molecule has 0 aromatic heterocycles. The minimum atomic E-state index is -4.57. The van der Waals surface area contributed by atoms with Gasteiger partial charge in [0, 0.05) is 0 Å². The maximum absolute atomic E-state index is 10.8. The molecule has 0 aliphatic heterocycles. The van der Waals surface area contributed by atoms with Gasteiger partial charge in [-0.05, 0) is 0 Å². The van der Waals surface area contributed by atoms with Crippen LogP contribution in [0, 0.1) is 0 Å². The van der Waals surface area contributed by atoms with E-state index in [-0.39, 0.29) is 0 Å². The Morgan fingerprint density at radius 1 is 1.45 bits per heavy atom. The van der Waals surface area contributed by atoms with Crippen molar-refractivity contribution < 1.29 is 32.9 Å². The zero-order valence-electron chi connectivity index (χ0n) is 5.13. The van der Waals surface area contributed by atoms with E-state index in [0.29, 0.717) is 6.26 Å². The second-order valence-corrected chi connectivity index (χ2v) is 1.01. The summed E-state index contributed by atoms with van der Waals surface area (Å²) in [6, 6.07) is 0. The Morgan fingerprint density at radius 3 is 1.73 bits per heavy atom. The number of rotatable bonds is 1. The molecule has 0 atom stereocenters. The zero-order valence-corrected chi connectivity index (χ0v) is 5.13. The van der Waals surface area contributed by atoms with E-state index in [9.17, 15) is 13.2 Å². The van der Waals surface area contributed by atoms with Crippen molar-refractivity contribution in [3.05, 3.63) is 12.8 Å². The van der Waals surface area contributed by atoms with E-state index in [1.807, 2.05) is 0 Å². The van der Waals surface area contributed by atoms with Crippen LogP contribution in [-0.2, 0) is 4.74 Å². The Kier molecular flexibility index (Phi) is 6.02. The molecule has 0 aliphatic carbocycles. The van der Waals surface area contributed by atoms with Crippen LogP contribution in [0.5, 0.6) is 0 Å². The lowest BCUT2D eigenvalue weighted by molar-refractivity contribution is -0.297. The summed E-state index contributed by atoms with van der Waals surface area (Å²) in [7, 11) is 0. The van der Waals surface area contributed by atoms with Crippen LogP contribution in [0.4, 0.5) is 18.0 Å². The van der Waals surface area contributed by atoms with Gasteiger partial charge >= 0.3 is 12.5 Å². The molecule has 0 heterocycles. The van der Waals surface area contributed by atoms with Gasteiger partial charge in [-0.25, -0.2) is 4.79 Å². The quantitative estimate of drug-likeness (QED) is 0.595. The largest absolute Gasteiger partial charge is 0.572 e. The maximum atomic E-state index is 10.8. The lowest BCUT2D eigenvalue weighted by Gasteiger charge is -2.00. The standard InChI is InChI=1S/C3H3F3O.CH2O3/c1-2-7-3(4,5)6;2-1(3)4/h2H,1H2;(H2,2,3,4). The van der Waals surface area contributed by atoms with Crippen molar-refractivity contribution in [1.82, 2.24) is 0 Å². The van der Waals surface area contributed by atoms with Gasteiger partial charge in [0.1, 0.15) is 0 Å². The van der Waals surface area contributed by atoms with E-state index in [1.54, 1.807) is 0 Å². The van der Waals surface area contributed by atoms with Crippen LogP contribution < -0.4 is 0 Å². The fraction of sp³-hybridized carbons (Fsp3) is 0.250. The second kappa shape index (κ2) is 5.39. The van der Waals surface area contributed by atoms with E-state index < -0.39 is 12.5 Å². The second-order valence-electron chi connectivity index (χ2n) is 1.01. The monoisotopic (exact) mass is 174 g/mol. The number of halogens is 3. The van der Waals surface area contributed by atoms with Gasteiger partial charge in [0.2, 0.25) is 0 Å². The molecule has 11 heavy (non-hydrogen) atoms. The molecule has 0 bridgehead atoms. The molecule has 0 aromatic carbocycles. The molecule has 0 amide bonds. The highest BCUT2D eigenvalue weighted by Crippen LogP contribution is 2.15. The number of hydrogen-bond acceptors (Lipinski definition) is 2. The fourth-order valence-electron chi connectivity index (χ4n) is 0.0945. The number of hydrogen-bond donors (Lipinski definition) is 2. The highest BCUT2D eigenvalue weighted by molar-refractivity contribution is 5.53. The summed E-state index contributed by atoms with van der Waals surface area (Å²) < 4.78 is 35.3. The Morgan fingerprint density at radius 2 is 1.73 bits per heavy atom. The molecule has 0 spiro atoms. The summed E-state index contributed by atoms with van der Waals surface area (Å²) in [5.41, 5.74) is 0. The normalized spacial score (nSPS) is 9.00.